The zero-order valence-electron chi connectivity index (χ0n) is 15.6. The summed E-state index contributed by atoms with van der Waals surface area (Å²) in [5.74, 6) is -1.09. The summed E-state index contributed by atoms with van der Waals surface area (Å²) in [5.41, 5.74) is 3.25. The van der Waals surface area contributed by atoms with Gasteiger partial charge in [-0.05, 0) is 41.5 Å². The SMILES string of the molecule is C=Cc1cccc(NC(=O)c2ccc3c(c2)C(=O)N(Cc2ccccc2)C3=O)c1. The third-order valence-electron chi connectivity index (χ3n) is 4.80. The van der Waals surface area contributed by atoms with E-state index in [2.05, 4.69) is 11.9 Å². The van der Waals surface area contributed by atoms with Crippen LogP contribution >= 0.6 is 0 Å². The first-order valence-corrected chi connectivity index (χ1v) is 9.15. The third kappa shape index (κ3) is 3.58. The molecule has 1 N–H and O–H groups in total. The lowest BCUT2D eigenvalue weighted by molar-refractivity contribution is 0.0642. The summed E-state index contributed by atoms with van der Waals surface area (Å²) in [6.45, 7) is 3.91. The van der Waals surface area contributed by atoms with Crippen molar-refractivity contribution in [3.63, 3.8) is 0 Å². The summed E-state index contributed by atoms with van der Waals surface area (Å²) in [4.78, 5) is 39.3. The third-order valence-corrected chi connectivity index (χ3v) is 4.80. The van der Waals surface area contributed by atoms with Crippen LogP contribution in [0.1, 0.15) is 42.2 Å². The molecule has 142 valence electrons. The summed E-state index contributed by atoms with van der Waals surface area (Å²) >= 11 is 0. The van der Waals surface area contributed by atoms with Gasteiger partial charge in [-0.1, -0.05) is 55.1 Å². The number of fused-ring (bicyclic) bond motifs is 1. The van der Waals surface area contributed by atoms with Gasteiger partial charge in [0.1, 0.15) is 0 Å². The van der Waals surface area contributed by atoms with Crippen molar-refractivity contribution in [3.8, 4) is 0 Å². The van der Waals surface area contributed by atoms with Gasteiger partial charge in [0, 0.05) is 11.3 Å². The van der Waals surface area contributed by atoms with Gasteiger partial charge < -0.3 is 5.32 Å². The van der Waals surface area contributed by atoms with Crippen LogP contribution in [0.5, 0.6) is 0 Å². The molecule has 3 amide bonds. The lowest BCUT2D eigenvalue weighted by Crippen LogP contribution is -2.29. The van der Waals surface area contributed by atoms with Crippen molar-refractivity contribution in [2.24, 2.45) is 0 Å². The van der Waals surface area contributed by atoms with E-state index in [0.717, 1.165) is 11.1 Å². The number of rotatable bonds is 5. The molecule has 0 aromatic heterocycles. The van der Waals surface area contributed by atoms with Crippen LogP contribution in [0.15, 0.2) is 79.4 Å². The number of anilines is 1. The predicted octanol–water partition coefficient (Wildman–Crippen LogP) is 4.38. The van der Waals surface area contributed by atoms with Gasteiger partial charge in [0.05, 0.1) is 17.7 Å². The number of hydrogen-bond acceptors (Lipinski definition) is 3. The van der Waals surface area contributed by atoms with Gasteiger partial charge in [0.25, 0.3) is 17.7 Å². The minimum absolute atomic E-state index is 0.197. The van der Waals surface area contributed by atoms with Gasteiger partial charge in [-0.25, -0.2) is 0 Å². The molecule has 0 fully saturated rings. The van der Waals surface area contributed by atoms with Crippen LogP contribution in [0.4, 0.5) is 5.69 Å². The Morgan fingerprint density at radius 1 is 0.897 bits per heavy atom. The Balaban J connectivity index is 1.56. The van der Waals surface area contributed by atoms with Gasteiger partial charge in [0.15, 0.2) is 0 Å². The smallest absolute Gasteiger partial charge is 0.261 e. The average molecular weight is 382 g/mol. The molecule has 0 spiro atoms. The Kier molecular flexibility index (Phi) is 4.79. The molecule has 29 heavy (non-hydrogen) atoms. The minimum atomic E-state index is -0.392. The number of carbonyl (C=O) groups excluding carboxylic acids is 3. The zero-order chi connectivity index (χ0) is 20.4. The van der Waals surface area contributed by atoms with Crippen molar-refractivity contribution < 1.29 is 14.4 Å². The number of carbonyl (C=O) groups is 3. The fraction of sp³-hybridized carbons (Fsp3) is 0.0417. The second kappa shape index (κ2) is 7.56. The maximum absolute atomic E-state index is 12.8. The van der Waals surface area contributed by atoms with E-state index < -0.39 is 5.91 Å². The van der Waals surface area contributed by atoms with Crippen LogP contribution in [-0.4, -0.2) is 22.6 Å². The number of nitrogens with one attached hydrogen (secondary N) is 1. The number of nitrogens with zero attached hydrogens (tertiary/aromatic N) is 1. The van der Waals surface area contributed by atoms with E-state index >= 15 is 0 Å². The van der Waals surface area contributed by atoms with Crippen molar-refractivity contribution in [1.82, 2.24) is 4.90 Å². The largest absolute Gasteiger partial charge is 0.322 e. The molecule has 1 aliphatic heterocycles. The van der Waals surface area contributed by atoms with Crippen LogP contribution in [0.2, 0.25) is 0 Å². The van der Waals surface area contributed by atoms with E-state index in [9.17, 15) is 14.4 Å². The van der Waals surface area contributed by atoms with Crippen LogP contribution in [0.25, 0.3) is 6.08 Å². The van der Waals surface area contributed by atoms with Gasteiger partial charge in [-0.2, -0.15) is 0 Å². The Hall–Kier alpha value is -3.99. The van der Waals surface area contributed by atoms with Gasteiger partial charge in [0.2, 0.25) is 0 Å². The molecule has 1 heterocycles. The molecule has 0 unspecified atom stereocenters. The topological polar surface area (TPSA) is 66.5 Å². The Labute approximate surface area is 168 Å². The standard InChI is InChI=1S/C24H18N2O3/c1-2-16-9-6-10-19(13-16)25-22(27)18-11-12-20-21(14-18)24(29)26(23(20)28)15-17-7-4-3-5-8-17/h2-14H,1,15H2,(H,25,27). The maximum atomic E-state index is 12.8. The highest BCUT2D eigenvalue weighted by Gasteiger charge is 2.35. The summed E-state index contributed by atoms with van der Waals surface area (Å²) in [6.07, 6.45) is 1.69. The predicted molar refractivity (Wildman–Crippen MR) is 112 cm³/mol. The first kappa shape index (κ1) is 18.4. The van der Waals surface area contributed by atoms with Crippen LogP contribution in [0.3, 0.4) is 0 Å². The highest BCUT2D eigenvalue weighted by atomic mass is 16.2. The highest BCUT2D eigenvalue weighted by Crippen LogP contribution is 2.26. The Morgan fingerprint density at radius 3 is 2.41 bits per heavy atom. The van der Waals surface area contributed by atoms with Crippen molar-refractivity contribution in [1.29, 1.82) is 0 Å². The van der Waals surface area contributed by atoms with Crippen molar-refractivity contribution in [3.05, 3.63) is 107 Å². The minimum Gasteiger partial charge on any atom is -0.322 e. The fourth-order valence-corrected chi connectivity index (χ4v) is 3.29. The quantitative estimate of drug-likeness (QED) is 0.666. The van der Waals surface area contributed by atoms with Gasteiger partial charge in [-0.3, -0.25) is 19.3 Å². The van der Waals surface area contributed by atoms with Crippen LogP contribution < -0.4 is 5.32 Å². The second-order valence-electron chi connectivity index (χ2n) is 6.73. The molecule has 0 radical (unpaired) electrons. The van der Waals surface area contributed by atoms with E-state index in [1.807, 2.05) is 42.5 Å². The summed E-state index contributed by atoms with van der Waals surface area (Å²) in [7, 11) is 0. The van der Waals surface area contributed by atoms with Crippen LogP contribution in [-0.2, 0) is 6.54 Å². The van der Waals surface area contributed by atoms with E-state index in [1.54, 1.807) is 24.3 Å². The number of benzene rings is 3. The Morgan fingerprint density at radius 2 is 1.66 bits per heavy atom. The van der Waals surface area contributed by atoms with Crippen molar-refractivity contribution in [2.45, 2.75) is 6.54 Å². The van der Waals surface area contributed by atoms with E-state index in [0.29, 0.717) is 16.8 Å². The van der Waals surface area contributed by atoms with E-state index in [-0.39, 0.29) is 23.9 Å². The molecule has 0 atom stereocenters. The lowest BCUT2D eigenvalue weighted by atomic mass is 10.1. The molecule has 0 aliphatic carbocycles. The maximum Gasteiger partial charge on any atom is 0.261 e. The number of hydrogen-bond donors (Lipinski definition) is 1. The molecule has 0 saturated heterocycles. The first-order chi connectivity index (χ1) is 14.1. The first-order valence-electron chi connectivity index (χ1n) is 9.15. The molecule has 4 rings (SSSR count). The number of imide groups is 1. The summed E-state index contributed by atoms with van der Waals surface area (Å²) < 4.78 is 0. The average Bonchev–Trinajstić information content (AvgIpc) is 2.99. The normalized spacial score (nSPS) is 12.6. The van der Waals surface area contributed by atoms with Crippen molar-refractivity contribution >= 4 is 29.5 Å². The molecular weight excluding hydrogens is 364 g/mol. The molecule has 3 aromatic carbocycles. The van der Waals surface area contributed by atoms with Gasteiger partial charge in [-0.15, -0.1) is 0 Å². The molecule has 1 aliphatic rings. The van der Waals surface area contributed by atoms with Gasteiger partial charge >= 0.3 is 0 Å². The van der Waals surface area contributed by atoms with E-state index in [1.165, 1.54) is 17.0 Å². The van der Waals surface area contributed by atoms with E-state index in [4.69, 9.17) is 0 Å². The monoisotopic (exact) mass is 382 g/mol. The summed E-state index contributed by atoms with van der Waals surface area (Å²) in [6, 6.07) is 21.2. The molecule has 0 bridgehead atoms. The fourth-order valence-electron chi connectivity index (χ4n) is 3.29. The molecular formula is C24H18N2O3. The molecule has 5 nitrogen and oxygen atoms in total. The zero-order valence-corrected chi connectivity index (χ0v) is 15.6. The van der Waals surface area contributed by atoms with Crippen molar-refractivity contribution in [2.75, 3.05) is 5.32 Å². The second-order valence-corrected chi connectivity index (χ2v) is 6.73. The molecule has 5 heteroatoms. The number of amides is 3. The van der Waals surface area contributed by atoms with Crippen LogP contribution in [0, 0.1) is 0 Å². The Bertz CT molecular complexity index is 1140. The molecule has 0 saturated carbocycles. The lowest BCUT2D eigenvalue weighted by Gasteiger charge is -2.13. The highest BCUT2D eigenvalue weighted by molar-refractivity contribution is 6.22. The molecule has 3 aromatic rings. The summed E-state index contributed by atoms with van der Waals surface area (Å²) in [5, 5.41) is 2.80.